The lowest BCUT2D eigenvalue weighted by molar-refractivity contribution is -0.393. The van der Waals surface area contributed by atoms with Crippen LogP contribution < -0.4 is 0 Å². The van der Waals surface area contributed by atoms with Gasteiger partial charge in [0.15, 0.2) is 24.5 Å². The molecule has 35 heavy (non-hydrogen) atoms. The van der Waals surface area contributed by atoms with Crippen molar-refractivity contribution in [3.8, 4) is 0 Å². The second-order valence-corrected chi connectivity index (χ2v) is 9.81. The molecule has 4 aliphatic heterocycles. The van der Waals surface area contributed by atoms with E-state index in [1.54, 1.807) is 38.5 Å². The van der Waals surface area contributed by atoms with Gasteiger partial charge in [0.2, 0.25) is 0 Å². The van der Waals surface area contributed by atoms with Crippen molar-refractivity contribution in [3.05, 3.63) is 35.9 Å². The van der Waals surface area contributed by atoms with E-state index in [4.69, 9.17) is 42.6 Å². The molecular weight excluding hydrogens is 460 g/mol. The van der Waals surface area contributed by atoms with Crippen molar-refractivity contribution in [2.45, 2.75) is 81.9 Å². The number of carbonyl (C=O) groups excluding carboxylic acids is 1. The van der Waals surface area contributed by atoms with Crippen LogP contribution in [0.5, 0.6) is 0 Å². The van der Waals surface area contributed by atoms with Gasteiger partial charge in [0.05, 0.1) is 24.9 Å². The third-order valence-corrected chi connectivity index (χ3v) is 7.07. The van der Waals surface area contributed by atoms with Crippen LogP contribution >= 0.6 is 0 Å². The molecule has 10 nitrogen and oxygen atoms in total. The number of benzene rings is 1. The van der Waals surface area contributed by atoms with E-state index in [1.165, 1.54) is 0 Å². The van der Waals surface area contributed by atoms with Crippen LogP contribution in [-0.4, -0.2) is 94.5 Å². The van der Waals surface area contributed by atoms with Crippen molar-refractivity contribution in [2.75, 3.05) is 27.4 Å². The van der Waals surface area contributed by atoms with E-state index in [0.29, 0.717) is 12.2 Å². The Morgan fingerprint density at radius 2 is 1.69 bits per heavy atom. The van der Waals surface area contributed by atoms with E-state index in [-0.39, 0.29) is 31.0 Å². The summed E-state index contributed by atoms with van der Waals surface area (Å²) in [7, 11) is 3.19. The number of ether oxygens (including phenoxy) is 9. The highest BCUT2D eigenvalue weighted by atomic mass is 16.8. The highest BCUT2D eigenvalue weighted by Crippen LogP contribution is 2.40. The van der Waals surface area contributed by atoms with Crippen molar-refractivity contribution >= 4 is 5.97 Å². The molecule has 0 N–H and O–H groups in total. The van der Waals surface area contributed by atoms with Crippen LogP contribution in [0.4, 0.5) is 0 Å². The minimum atomic E-state index is -0.974. The topological polar surface area (TPSA) is 100 Å². The maximum absolute atomic E-state index is 13.1. The number of hydrogen-bond donors (Lipinski definition) is 0. The smallest absolute Gasteiger partial charge is 0.338 e. The molecule has 4 unspecified atom stereocenters. The molecule has 194 valence electrons. The Balaban J connectivity index is 1.43. The first-order chi connectivity index (χ1) is 16.8. The average molecular weight is 495 g/mol. The summed E-state index contributed by atoms with van der Waals surface area (Å²) >= 11 is 0. The Hall–Kier alpha value is -1.63. The minimum Gasteiger partial charge on any atom is -0.450 e. The van der Waals surface area contributed by atoms with Gasteiger partial charge in [-0.1, -0.05) is 25.1 Å². The first-order valence-electron chi connectivity index (χ1n) is 12.0. The predicted octanol–water partition coefficient (Wildman–Crippen LogP) is 1.89. The van der Waals surface area contributed by atoms with E-state index in [2.05, 4.69) is 0 Å². The summed E-state index contributed by atoms with van der Waals surface area (Å²) < 4.78 is 54.2. The van der Waals surface area contributed by atoms with E-state index >= 15 is 0 Å². The Morgan fingerprint density at radius 3 is 2.40 bits per heavy atom. The molecule has 0 spiro atoms. The number of carbonyl (C=O) groups is 1. The van der Waals surface area contributed by atoms with Crippen molar-refractivity contribution in [1.29, 1.82) is 0 Å². The van der Waals surface area contributed by atoms with E-state index in [9.17, 15) is 4.79 Å². The van der Waals surface area contributed by atoms with Gasteiger partial charge in [0.1, 0.15) is 30.5 Å². The maximum Gasteiger partial charge on any atom is 0.338 e. The summed E-state index contributed by atoms with van der Waals surface area (Å²) in [5.74, 6) is -1.42. The summed E-state index contributed by atoms with van der Waals surface area (Å²) in [4.78, 5) is 13.1. The fraction of sp³-hybridized carbons (Fsp3) is 0.720. The quantitative estimate of drug-likeness (QED) is 0.545. The van der Waals surface area contributed by atoms with Crippen LogP contribution in [0.2, 0.25) is 0 Å². The van der Waals surface area contributed by atoms with Gasteiger partial charge in [0.25, 0.3) is 0 Å². The van der Waals surface area contributed by atoms with E-state index in [0.717, 1.165) is 0 Å². The van der Waals surface area contributed by atoms with Gasteiger partial charge in [-0.3, -0.25) is 0 Å². The van der Waals surface area contributed by atoms with Gasteiger partial charge in [0, 0.05) is 20.1 Å². The minimum absolute atomic E-state index is 0.0641. The Labute approximate surface area is 205 Å². The summed E-state index contributed by atoms with van der Waals surface area (Å²) in [5, 5.41) is 0. The normalized spacial score (nSPS) is 42.3. The Bertz CT molecular complexity index is 878. The van der Waals surface area contributed by atoms with Crippen LogP contribution in [0.1, 0.15) is 31.1 Å². The predicted molar refractivity (Wildman–Crippen MR) is 119 cm³/mol. The van der Waals surface area contributed by atoms with Crippen molar-refractivity contribution < 1.29 is 47.4 Å². The molecule has 0 aromatic heterocycles. The van der Waals surface area contributed by atoms with Crippen LogP contribution in [0, 0.1) is 5.92 Å². The van der Waals surface area contributed by atoms with Gasteiger partial charge >= 0.3 is 5.97 Å². The zero-order valence-corrected chi connectivity index (χ0v) is 20.7. The average Bonchev–Trinajstić information content (AvgIpc) is 3.30. The van der Waals surface area contributed by atoms with Crippen LogP contribution in [0.3, 0.4) is 0 Å². The number of esters is 1. The molecule has 1 aromatic carbocycles. The standard InChI is InChI=1S/C25H34O10/c1-13-17(27-4)18(15-11-29-23(13)31-15)34-24-21(33-22(26)14-9-7-6-8-10-14)20(28-5)19-16(32-24)12-30-25(2,3)35-19/h6-10,13,15-21,23-24H,11-12H2,1-5H3/t13?,15-,16?,17?,18+,19+,20+,21?,23+,24-/m0/s1. The van der Waals surface area contributed by atoms with Crippen molar-refractivity contribution in [3.63, 3.8) is 0 Å². The van der Waals surface area contributed by atoms with E-state index < -0.39 is 48.6 Å². The lowest BCUT2D eigenvalue weighted by atomic mass is 9.93. The molecule has 4 aliphatic rings. The summed E-state index contributed by atoms with van der Waals surface area (Å²) in [6.45, 7) is 6.29. The molecule has 2 bridgehead atoms. The second kappa shape index (κ2) is 10.0. The zero-order chi connectivity index (χ0) is 24.7. The highest BCUT2D eigenvalue weighted by molar-refractivity contribution is 5.89. The highest BCUT2D eigenvalue weighted by Gasteiger charge is 2.57. The Kier molecular flexibility index (Phi) is 7.17. The Morgan fingerprint density at radius 1 is 0.943 bits per heavy atom. The SMILES string of the molecule is COC1C(C)[C@@H]2OC[C@H](O2)[C@H]1O[C@@H]1OC2COC(C)(C)O[C@H]2[C@@H](OC)C1OC(=O)c1ccccc1. The van der Waals surface area contributed by atoms with E-state index in [1.807, 2.05) is 26.8 Å². The zero-order valence-electron chi connectivity index (χ0n) is 20.7. The molecule has 4 heterocycles. The summed E-state index contributed by atoms with van der Waals surface area (Å²) in [6, 6.07) is 8.76. The second-order valence-electron chi connectivity index (χ2n) is 9.81. The first kappa shape index (κ1) is 25.0. The van der Waals surface area contributed by atoms with Crippen LogP contribution in [0.15, 0.2) is 30.3 Å². The van der Waals surface area contributed by atoms with Crippen LogP contribution in [-0.2, 0) is 42.6 Å². The molecule has 4 fully saturated rings. The van der Waals surface area contributed by atoms with Crippen molar-refractivity contribution in [1.82, 2.24) is 0 Å². The molecule has 10 atom stereocenters. The molecule has 10 heteroatoms. The van der Waals surface area contributed by atoms with Gasteiger partial charge in [-0.2, -0.15) is 0 Å². The third-order valence-electron chi connectivity index (χ3n) is 7.07. The third kappa shape index (κ3) is 4.86. The van der Waals surface area contributed by atoms with Crippen LogP contribution in [0.25, 0.3) is 0 Å². The van der Waals surface area contributed by atoms with Gasteiger partial charge in [-0.05, 0) is 26.0 Å². The molecule has 4 saturated heterocycles. The lowest BCUT2D eigenvalue weighted by Crippen LogP contribution is -2.67. The van der Waals surface area contributed by atoms with Gasteiger partial charge in [-0.15, -0.1) is 0 Å². The molecule has 0 radical (unpaired) electrons. The van der Waals surface area contributed by atoms with Gasteiger partial charge in [-0.25, -0.2) is 4.79 Å². The number of rotatable bonds is 6. The molecule has 0 saturated carbocycles. The fourth-order valence-electron chi connectivity index (χ4n) is 5.29. The summed E-state index contributed by atoms with van der Waals surface area (Å²) in [5.41, 5.74) is 0.410. The largest absolute Gasteiger partial charge is 0.450 e. The lowest BCUT2D eigenvalue weighted by Gasteiger charge is -2.51. The molecule has 0 aliphatic carbocycles. The van der Waals surface area contributed by atoms with Crippen molar-refractivity contribution in [2.24, 2.45) is 5.92 Å². The van der Waals surface area contributed by atoms with Gasteiger partial charge < -0.3 is 42.6 Å². The monoisotopic (exact) mass is 494 g/mol. The fourth-order valence-corrected chi connectivity index (χ4v) is 5.29. The molecule has 0 amide bonds. The number of fused-ring (bicyclic) bond motifs is 3. The molecule has 1 aromatic rings. The number of hydrogen-bond acceptors (Lipinski definition) is 10. The summed E-state index contributed by atoms with van der Waals surface area (Å²) in [6.07, 6.45) is -5.07. The maximum atomic E-state index is 13.1. The first-order valence-corrected chi connectivity index (χ1v) is 12.0. The molecular formula is C25H34O10. The number of methoxy groups -OCH3 is 2. The molecule has 5 rings (SSSR count).